The first-order valence-corrected chi connectivity index (χ1v) is 12.0. The number of benzene rings is 2. The molecule has 2 aliphatic carbocycles. The number of ether oxygens (including phenoxy) is 1. The third kappa shape index (κ3) is 4.38. The normalized spacial score (nSPS) is 20.9. The van der Waals surface area contributed by atoms with Gasteiger partial charge in [0.2, 0.25) is 5.91 Å². The Labute approximate surface area is 190 Å². The van der Waals surface area contributed by atoms with Crippen molar-refractivity contribution in [3.8, 4) is 5.75 Å². The van der Waals surface area contributed by atoms with Crippen molar-refractivity contribution in [2.24, 2.45) is 5.92 Å². The Morgan fingerprint density at radius 3 is 2.50 bits per heavy atom. The lowest BCUT2D eigenvalue weighted by molar-refractivity contribution is -0.134. The summed E-state index contributed by atoms with van der Waals surface area (Å²) >= 11 is 0. The minimum Gasteiger partial charge on any atom is -0.481 e. The van der Waals surface area contributed by atoms with Crippen molar-refractivity contribution >= 4 is 11.8 Å². The fourth-order valence-corrected chi connectivity index (χ4v) is 4.59. The summed E-state index contributed by atoms with van der Waals surface area (Å²) in [6.45, 7) is 4.79. The van der Waals surface area contributed by atoms with Crippen molar-refractivity contribution < 1.29 is 14.3 Å². The van der Waals surface area contributed by atoms with Crippen LogP contribution in [0.5, 0.6) is 5.75 Å². The first kappa shape index (κ1) is 21.0. The second-order valence-corrected chi connectivity index (χ2v) is 9.53. The third-order valence-corrected chi connectivity index (χ3v) is 6.81. The van der Waals surface area contributed by atoms with Crippen molar-refractivity contribution in [1.82, 2.24) is 10.2 Å². The van der Waals surface area contributed by atoms with Crippen LogP contribution in [0.1, 0.15) is 67.3 Å². The molecule has 2 amide bonds. The highest BCUT2D eigenvalue weighted by atomic mass is 16.5. The van der Waals surface area contributed by atoms with Crippen LogP contribution in [0, 0.1) is 12.8 Å². The predicted molar refractivity (Wildman–Crippen MR) is 123 cm³/mol. The molecule has 2 fully saturated rings. The molecule has 1 aliphatic heterocycles. The Hall–Kier alpha value is -2.82. The Bertz CT molecular complexity index is 1010. The molecule has 168 valence electrons. The maximum absolute atomic E-state index is 13.2. The molecule has 0 radical (unpaired) electrons. The van der Waals surface area contributed by atoms with Gasteiger partial charge < -0.3 is 15.0 Å². The van der Waals surface area contributed by atoms with Gasteiger partial charge in [-0.3, -0.25) is 9.59 Å². The summed E-state index contributed by atoms with van der Waals surface area (Å²) in [7, 11) is 0. The van der Waals surface area contributed by atoms with Crippen LogP contribution in [0.3, 0.4) is 0 Å². The van der Waals surface area contributed by atoms with Gasteiger partial charge in [0.1, 0.15) is 5.75 Å². The zero-order chi connectivity index (χ0) is 22.2. The lowest BCUT2D eigenvalue weighted by Gasteiger charge is -2.38. The average molecular weight is 433 g/mol. The molecule has 3 aliphatic rings. The Morgan fingerprint density at radius 1 is 1.09 bits per heavy atom. The lowest BCUT2D eigenvalue weighted by atomic mass is 9.87. The number of hydrogen-bond donors (Lipinski definition) is 1. The number of carbonyl (C=O) groups excluding carboxylic acids is 2. The SMILES string of the molecule is CC[C@@H](Oc1ccc2c(c1)[C@H](c1ccc(C)cc1)N(C(=O)C1CC1)CC2)C(=O)NC1CC1. The highest BCUT2D eigenvalue weighted by Crippen LogP contribution is 2.41. The van der Waals surface area contributed by atoms with Crippen molar-refractivity contribution in [2.45, 2.75) is 70.6 Å². The quantitative estimate of drug-likeness (QED) is 0.709. The van der Waals surface area contributed by atoms with Gasteiger partial charge in [0.05, 0.1) is 6.04 Å². The molecule has 0 spiro atoms. The number of fused-ring (bicyclic) bond motifs is 1. The van der Waals surface area contributed by atoms with E-state index in [2.05, 4.69) is 53.5 Å². The van der Waals surface area contributed by atoms with Crippen LogP contribution in [0.25, 0.3) is 0 Å². The second kappa shape index (κ2) is 8.61. The fraction of sp³-hybridized carbons (Fsp3) is 0.481. The van der Waals surface area contributed by atoms with E-state index in [0.29, 0.717) is 18.2 Å². The average Bonchev–Trinajstić information content (AvgIpc) is 3.71. The minimum atomic E-state index is -0.501. The molecule has 0 aromatic heterocycles. The van der Waals surface area contributed by atoms with Crippen molar-refractivity contribution in [1.29, 1.82) is 0 Å². The van der Waals surface area contributed by atoms with E-state index in [0.717, 1.165) is 49.8 Å². The Balaban J connectivity index is 1.46. The van der Waals surface area contributed by atoms with E-state index in [1.54, 1.807) is 0 Å². The summed E-state index contributed by atoms with van der Waals surface area (Å²) in [5.41, 5.74) is 4.69. The number of aryl methyl sites for hydroxylation is 1. The molecular weight excluding hydrogens is 400 g/mol. The van der Waals surface area contributed by atoms with Gasteiger partial charge in [-0.1, -0.05) is 42.8 Å². The molecule has 1 N–H and O–H groups in total. The van der Waals surface area contributed by atoms with Crippen LogP contribution in [-0.2, 0) is 16.0 Å². The standard InChI is InChI=1S/C27H32N2O3/c1-3-24(26(30)28-21-11-12-21)32-22-13-10-18-14-15-29(27(31)20-8-9-20)25(23(18)16-22)19-6-4-17(2)5-7-19/h4-7,10,13,16,20-21,24-25H,3,8-9,11-12,14-15H2,1-2H3,(H,28,30)/t24-,25+/m1/s1. The van der Waals surface area contributed by atoms with E-state index in [9.17, 15) is 9.59 Å². The van der Waals surface area contributed by atoms with Gasteiger partial charge in [-0.25, -0.2) is 0 Å². The van der Waals surface area contributed by atoms with Gasteiger partial charge in [-0.15, -0.1) is 0 Å². The highest BCUT2D eigenvalue weighted by molar-refractivity contribution is 5.83. The van der Waals surface area contributed by atoms with Crippen LogP contribution >= 0.6 is 0 Å². The smallest absolute Gasteiger partial charge is 0.261 e. The molecule has 1 heterocycles. The molecule has 2 atom stereocenters. The lowest BCUT2D eigenvalue weighted by Crippen LogP contribution is -2.41. The summed E-state index contributed by atoms with van der Waals surface area (Å²) in [5, 5.41) is 3.05. The molecule has 2 aromatic rings. The van der Waals surface area contributed by atoms with Crippen LogP contribution in [-0.4, -0.2) is 35.4 Å². The van der Waals surface area contributed by atoms with Crippen LogP contribution in [0.2, 0.25) is 0 Å². The van der Waals surface area contributed by atoms with E-state index in [1.807, 2.05) is 13.0 Å². The summed E-state index contributed by atoms with van der Waals surface area (Å²) in [6.07, 6.45) is 5.08. The van der Waals surface area contributed by atoms with Gasteiger partial charge in [0.25, 0.3) is 5.91 Å². The monoisotopic (exact) mass is 432 g/mol. The van der Waals surface area contributed by atoms with Gasteiger partial charge in [-0.2, -0.15) is 0 Å². The van der Waals surface area contributed by atoms with E-state index in [4.69, 9.17) is 4.74 Å². The van der Waals surface area contributed by atoms with Crippen LogP contribution < -0.4 is 10.1 Å². The van der Waals surface area contributed by atoms with Crippen LogP contribution in [0.15, 0.2) is 42.5 Å². The number of amides is 2. The summed E-state index contributed by atoms with van der Waals surface area (Å²) in [6, 6.07) is 14.8. The minimum absolute atomic E-state index is 0.0339. The zero-order valence-electron chi connectivity index (χ0n) is 19.0. The topological polar surface area (TPSA) is 58.6 Å². The number of nitrogens with zero attached hydrogens (tertiary/aromatic N) is 1. The van der Waals surface area contributed by atoms with Gasteiger partial charge in [-0.05, 0) is 74.3 Å². The number of rotatable bonds is 7. The summed E-state index contributed by atoms with van der Waals surface area (Å²) < 4.78 is 6.16. The summed E-state index contributed by atoms with van der Waals surface area (Å²) in [5.74, 6) is 1.11. The van der Waals surface area contributed by atoms with Gasteiger partial charge in [0, 0.05) is 18.5 Å². The number of nitrogens with one attached hydrogen (secondary N) is 1. The second-order valence-electron chi connectivity index (χ2n) is 9.53. The van der Waals surface area contributed by atoms with Gasteiger partial charge in [0.15, 0.2) is 6.10 Å². The molecule has 0 saturated heterocycles. The molecule has 2 aromatic carbocycles. The molecular formula is C27H32N2O3. The molecule has 0 bridgehead atoms. The first-order chi connectivity index (χ1) is 15.5. The van der Waals surface area contributed by atoms with E-state index in [-0.39, 0.29) is 23.8 Å². The zero-order valence-corrected chi connectivity index (χ0v) is 19.0. The molecule has 5 nitrogen and oxygen atoms in total. The predicted octanol–water partition coefficient (Wildman–Crippen LogP) is 4.32. The fourth-order valence-electron chi connectivity index (χ4n) is 4.59. The van der Waals surface area contributed by atoms with Crippen molar-refractivity contribution in [3.63, 3.8) is 0 Å². The Morgan fingerprint density at radius 2 is 1.84 bits per heavy atom. The van der Waals surface area contributed by atoms with E-state index < -0.39 is 6.10 Å². The van der Waals surface area contributed by atoms with E-state index >= 15 is 0 Å². The summed E-state index contributed by atoms with van der Waals surface area (Å²) in [4.78, 5) is 27.8. The largest absolute Gasteiger partial charge is 0.481 e. The van der Waals surface area contributed by atoms with Crippen molar-refractivity contribution in [2.75, 3.05) is 6.54 Å². The molecule has 5 heteroatoms. The molecule has 32 heavy (non-hydrogen) atoms. The molecule has 0 unspecified atom stereocenters. The molecule has 2 saturated carbocycles. The number of carbonyl (C=O) groups is 2. The first-order valence-electron chi connectivity index (χ1n) is 12.0. The Kier molecular flexibility index (Phi) is 5.66. The maximum Gasteiger partial charge on any atom is 0.261 e. The van der Waals surface area contributed by atoms with Gasteiger partial charge >= 0.3 is 0 Å². The highest BCUT2D eigenvalue weighted by Gasteiger charge is 2.39. The molecule has 5 rings (SSSR count). The third-order valence-electron chi connectivity index (χ3n) is 6.81. The van der Waals surface area contributed by atoms with Crippen LogP contribution in [0.4, 0.5) is 0 Å². The van der Waals surface area contributed by atoms with E-state index in [1.165, 1.54) is 11.1 Å². The van der Waals surface area contributed by atoms with Crippen molar-refractivity contribution in [3.05, 3.63) is 64.7 Å². The number of hydrogen-bond acceptors (Lipinski definition) is 3. The maximum atomic E-state index is 13.2.